The predicted molar refractivity (Wildman–Crippen MR) is 112 cm³/mol. The van der Waals surface area contributed by atoms with Gasteiger partial charge >= 0.3 is 0 Å². The van der Waals surface area contributed by atoms with Gasteiger partial charge in [0, 0.05) is 10.0 Å². The molecule has 1 atom stereocenters. The molecule has 0 saturated carbocycles. The smallest absolute Gasteiger partial charge is 0.191 e. The van der Waals surface area contributed by atoms with Gasteiger partial charge in [-0.2, -0.15) is 5.01 Å². The number of likely N-dealkylation sites (tertiary alicyclic amines) is 1. The van der Waals surface area contributed by atoms with Crippen LogP contribution in [-0.4, -0.2) is 38.0 Å². The monoisotopic (exact) mass is 442 g/mol. The van der Waals surface area contributed by atoms with Crippen molar-refractivity contribution in [3.63, 3.8) is 0 Å². The highest BCUT2D eigenvalue weighted by atomic mass is 79.9. The number of nitrogens with zero attached hydrogens (tertiary/aromatic N) is 1. The van der Waals surface area contributed by atoms with Gasteiger partial charge in [-0.1, -0.05) is 15.9 Å². The van der Waals surface area contributed by atoms with E-state index in [-0.39, 0.29) is 11.8 Å². The number of benzene rings is 2. The summed E-state index contributed by atoms with van der Waals surface area (Å²) in [6, 6.07) is 14.7. The normalized spacial score (nSPS) is 28.8. The largest absolute Gasteiger partial charge is 0.497 e. The van der Waals surface area contributed by atoms with E-state index in [4.69, 9.17) is 9.47 Å². The molecule has 2 N–H and O–H groups in total. The summed E-state index contributed by atoms with van der Waals surface area (Å²) in [7, 11) is 3.96. The number of ether oxygens (including phenoxy) is 2. The van der Waals surface area contributed by atoms with Crippen LogP contribution < -0.4 is 19.8 Å². The molecule has 3 aliphatic rings. The SMILES string of the molecule is COc1ccc(C2=CC3c4cc(Br)ccc4OC4(CC[NH+](C)CC4)N3N2)cc1. The number of rotatable bonds is 2. The van der Waals surface area contributed by atoms with Crippen molar-refractivity contribution in [2.24, 2.45) is 0 Å². The standard InChI is InChI=1S/C22H24BrN3O2/c1-25-11-9-22(10-12-25)26-20(18-13-16(23)5-8-21(18)28-22)14-19(24-26)15-3-6-17(27-2)7-4-15/h3-8,13-14,20,24H,9-12H2,1-2H3/p+1. The van der Waals surface area contributed by atoms with Crippen LogP contribution in [0.5, 0.6) is 11.5 Å². The number of quaternary nitrogens is 1. The van der Waals surface area contributed by atoms with E-state index >= 15 is 0 Å². The number of fused-ring (bicyclic) bond motifs is 4. The molecule has 5 rings (SSSR count). The molecule has 3 heterocycles. The molecule has 146 valence electrons. The molecule has 28 heavy (non-hydrogen) atoms. The Kier molecular flexibility index (Phi) is 4.38. The Morgan fingerprint density at radius 2 is 1.93 bits per heavy atom. The average Bonchev–Trinajstić information content (AvgIpc) is 3.18. The Hall–Kier alpha value is -2.02. The zero-order valence-corrected chi connectivity index (χ0v) is 17.8. The summed E-state index contributed by atoms with van der Waals surface area (Å²) in [4.78, 5) is 1.56. The van der Waals surface area contributed by atoms with Crippen molar-refractivity contribution in [1.29, 1.82) is 0 Å². The molecule has 2 aromatic rings. The second-order valence-electron chi connectivity index (χ2n) is 7.92. The first-order valence-electron chi connectivity index (χ1n) is 9.80. The van der Waals surface area contributed by atoms with Gasteiger partial charge in [-0.15, -0.1) is 0 Å². The van der Waals surface area contributed by atoms with Crippen LogP contribution in [0.15, 0.2) is 53.0 Å². The molecule has 0 aromatic heterocycles. The Balaban J connectivity index is 1.55. The van der Waals surface area contributed by atoms with Crippen molar-refractivity contribution in [2.45, 2.75) is 24.6 Å². The Bertz CT molecular complexity index is 920. The molecule has 5 nitrogen and oxygen atoms in total. The van der Waals surface area contributed by atoms with Crippen LogP contribution in [0.4, 0.5) is 0 Å². The highest BCUT2D eigenvalue weighted by Gasteiger charge is 2.52. The molecule has 1 spiro atoms. The van der Waals surface area contributed by atoms with Crippen LogP contribution in [0, 0.1) is 0 Å². The topological polar surface area (TPSA) is 38.2 Å². The first-order chi connectivity index (χ1) is 13.6. The number of halogens is 1. The van der Waals surface area contributed by atoms with E-state index in [1.165, 1.54) is 5.56 Å². The van der Waals surface area contributed by atoms with E-state index < -0.39 is 0 Å². The fourth-order valence-corrected chi connectivity index (χ4v) is 4.87. The van der Waals surface area contributed by atoms with E-state index in [0.29, 0.717) is 0 Å². The van der Waals surface area contributed by atoms with Gasteiger partial charge in [0.25, 0.3) is 0 Å². The number of hydrogen-bond donors (Lipinski definition) is 2. The van der Waals surface area contributed by atoms with Crippen molar-refractivity contribution in [3.05, 3.63) is 64.1 Å². The molecule has 0 radical (unpaired) electrons. The lowest BCUT2D eigenvalue weighted by Crippen LogP contribution is -3.11. The maximum atomic E-state index is 6.67. The third kappa shape index (κ3) is 2.91. The van der Waals surface area contributed by atoms with Gasteiger partial charge in [0.1, 0.15) is 11.5 Å². The Morgan fingerprint density at radius 1 is 1.18 bits per heavy atom. The number of nitrogens with one attached hydrogen (secondary N) is 2. The molecule has 1 fully saturated rings. The maximum Gasteiger partial charge on any atom is 0.191 e. The van der Waals surface area contributed by atoms with Gasteiger partial charge in [0.2, 0.25) is 0 Å². The van der Waals surface area contributed by atoms with Crippen LogP contribution in [0.25, 0.3) is 5.70 Å². The van der Waals surface area contributed by atoms with E-state index in [1.807, 2.05) is 12.1 Å². The van der Waals surface area contributed by atoms with Crippen molar-refractivity contribution in [1.82, 2.24) is 10.4 Å². The molecule has 2 aromatic carbocycles. The minimum absolute atomic E-state index is 0.150. The van der Waals surface area contributed by atoms with Crippen molar-refractivity contribution in [3.8, 4) is 11.5 Å². The minimum Gasteiger partial charge on any atom is -0.497 e. The molecule has 1 saturated heterocycles. The first-order valence-corrected chi connectivity index (χ1v) is 10.6. The van der Waals surface area contributed by atoms with Crippen LogP contribution in [-0.2, 0) is 0 Å². The van der Waals surface area contributed by atoms with Gasteiger partial charge < -0.3 is 19.8 Å². The minimum atomic E-state index is -0.310. The summed E-state index contributed by atoms with van der Waals surface area (Å²) in [6.07, 6.45) is 4.33. The van der Waals surface area contributed by atoms with Crippen molar-refractivity contribution >= 4 is 21.6 Å². The molecule has 6 heteroatoms. The van der Waals surface area contributed by atoms with Gasteiger partial charge in [-0.05, 0) is 54.1 Å². The van der Waals surface area contributed by atoms with E-state index in [1.54, 1.807) is 12.0 Å². The molecule has 3 aliphatic heterocycles. The van der Waals surface area contributed by atoms with Crippen LogP contribution >= 0.6 is 15.9 Å². The van der Waals surface area contributed by atoms with Crippen LogP contribution in [0.3, 0.4) is 0 Å². The number of piperidine rings is 1. The summed E-state index contributed by atoms with van der Waals surface area (Å²) in [5, 5.41) is 2.34. The van der Waals surface area contributed by atoms with Gasteiger partial charge in [0.15, 0.2) is 5.72 Å². The summed E-state index contributed by atoms with van der Waals surface area (Å²) >= 11 is 3.63. The third-order valence-electron chi connectivity index (χ3n) is 6.16. The van der Waals surface area contributed by atoms with Crippen LogP contribution in [0.1, 0.15) is 30.0 Å². The zero-order chi connectivity index (χ0) is 19.3. The number of hydrazine groups is 1. The van der Waals surface area contributed by atoms with Crippen LogP contribution in [0.2, 0.25) is 0 Å². The fourth-order valence-electron chi connectivity index (χ4n) is 4.49. The lowest BCUT2D eigenvalue weighted by molar-refractivity contribution is -0.888. The summed E-state index contributed by atoms with van der Waals surface area (Å²) in [5.41, 5.74) is 6.85. The van der Waals surface area contributed by atoms with Gasteiger partial charge in [-0.25, -0.2) is 0 Å². The maximum absolute atomic E-state index is 6.67. The molecule has 0 bridgehead atoms. The van der Waals surface area contributed by atoms with Gasteiger partial charge in [-0.3, -0.25) is 0 Å². The third-order valence-corrected chi connectivity index (χ3v) is 6.65. The molecular formula is C22H25BrN3O2+. The average molecular weight is 443 g/mol. The zero-order valence-electron chi connectivity index (χ0n) is 16.2. The van der Waals surface area contributed by atoms with Crippen molar-refractivity contribution < 1.29 is 14.4 Å². The quantitative estimate of drug-likeness (QED) is 0.749. The lowest BCUT2D eigenvalue weighted by atomic mass is 9.93. The number of hydrogen-bond acceptors (Lipinski definition) is 4. The summed E-state index contributed by atoms with van der Waals surface area (Å²) < 4.78 is 13.1. The summed E-state index contributed by atoms with van der Waals surface area (Å²) in [5.74, 6) is 1.87. The van der Waals surface area contributed by atoms with E-state index in [0.717, 1.165) is 53.2 Å². The van der Waals surface area contributed by atoms with E-state index in [9.17, 15) is 0 Å². The Labute approximate surface area is 174 Å². The fraction of sp³-hybridized carbons (Fsp3) is 0.364. The molecule has 1 unspecified atom stereocenters. The highest BCUT2D eigenvalue weighted by Crippen LogP contribution is 2.48. The first kappa shape index (κ1) is 18.0. The second kappa shape index (κ2) is 6.79. The lowest BCUT2D eigenvalue weighted by Gasteiger charge is -2.50. The second-order valence-corrected chi connectivity index (χ2v) is 8.84. The predicted octanol–water partition coefficient (Wildman–Crippen LogP) is 2.76. The number of methoxy groups -OCH3 is 1. The van der Waals surface area contributed by atoms with Crippen molar-refractivity contribution in [2.75, 3.05) is 27.2 Å². The summed E-state index contributed by atoms with van der Waals surface area (Å²) in [6.45, 7) is 2.21. The molecule has 0 aliphatic carbocycles. The highest BCUT2D eigenvalue weighted by molar-refractivity contribution is 9.10. The van der Waals surface area contributed by atoms with E-state index in [2.05, 4.69) is 69.8 Å². The van der Waals surface area contributed by atoms with Gasteiger partial charge in [0.05, 0.1) is 51.8 Å². The molecule has 0 amide bonds. The molecular weight excluding hydrogens is 418 g/mol. The Morgan fingerprint density at radius 3 is 2.64 bits per heavy atom.